The molecule has 0 saturated carbocycles. The number of barbiturate groups is 1. The van der Waals surface area contributed by atoms with Crippen LogP contribution in [-0.2, 0) is 14.4 Å². The molecule has 2 N–H and O–H groups in total. The molecule has 0 unspecified atom stereocenters. The number of hydrogen-bond acceptors (Lipinski definition) is 5. The van der Waals surface area contributed by atoms with E-state index in [1.807, 2.05) is 0 Å². The molecular formula is C16H17N3O4. The maximum Gasteiger partial charge on any atom is 0.335 e. The molecule has 23 heavy (non-hydrogen) atoms. The van der Waals surface area contributed by atoms with Gasteiger partial charge in [-0.25, -0.2) is 9.69 Å². The Morgan fingerprint density at radius 2 is 2.00 bits per heavy atom. The Hall–Kier alpha value is -2.93. The summed E-state index contributed by atoms with van der Waals surface area (Å²) in [6, 6.07) is 7.59. The average Bonchev–Trinajstić information content (AvgIpc) is 2.54. The normalized spacial score (nSPS) is 16.9. The summed E-state index contributed by atoms with van der Waals surface area (Å²) >= 11 is 0. The second-order valence-corrected chi connectivity index (χ2v) is 4.64. The van der Waals surface area contributed by atoms with Gasteiger partial charge >= 0.3 is 6.03 Å². The van der Waals surface area contributed by atoms with Crippen molar-refractivity contribution < 1.29 is 19.2 Å². The van der Waals surface area contributed by atoms with Crippen LogP contribution in [0.25, 0.3) is 0 Å². The minimum Gasteiger partial charge on any atom is -0.273 e. The summed E-state index contributed by atoms with van der Waals surface area (Å²) in [5.74, 6) is -1.45. The molecular weight excluding hydrogens is 298 g/mol. The van der Waals surface area contributed by atoms with Crippen molar-refractivity contribution in [1.82, 2.24) is 10.8 Å². The van der Waals surface area contributed by atoms with Crippen LogP contribution in [0.15, 0.2) is 54.3 Å². The Bertz CT molecular complexity index is 667. The van der Waals surface area contributed by atoms with Crippen molar-refractivity contribution in [3.8, 4) is 0 Å². The monoisotopic (exact) mass is 315 g/mol. The summed E-state index contributed by atoms with van der Waals surface area (Å²) in [6.45, 7) is 5.47. The van der Waals surface area contributed by atoms with E-state index in [4.69, 9.17) is 4.84 Å². The van der Waals surface area contributed by atoms with Gasteiger partial charge in [0.1, 0.15) is 5.57 Å². The standard InChI is InChI=1S/C16H17N3O4/c1-3-10-23-18-12(4-2)13-14(20)17-16(22)19(15(13)21)11-8-6-5-7-9-11/h3,5-9,18H,1,4,10H2,2H3,(H,17,20,22). The van der Waals surface area contributed by atoms with Crippen LogP contribution in [0.1, 0.15) is 13.3 Å². The molecule has 7 nitrogen and oxygen atoms in total. The molecule has 1 aliphatic heterocycles. The van der Waals surface area contributed by atoms with Crippen molar-refractivity contribution in [2.24, 2.45) is 0 Å². The van der Waals surface area contributed by atoms with Gasteiger partial charge in [-0.2, -0.15) is 0 Å². The zero-order valence-electron chi connectivity index (χ0n) is 12.7. The van der Waals surface area contributed by atoms with Gasteiger partial charge < -0.3 is 0 Å². The number of allylic oxidation sites excluding steroid dienone is 1. The zero-order valence-corrected chi connectivity index (χ0v) is 12.7. The summed E-state index contributed by atoms with van der Waals surface area (Å²) in [5, 5.41) is 2.17. The van der Waals surface area contributed by atoms with Crippen molar-refractivity contribution in [2.45, 2.75) is 13.3 Å². The van der Waals surface area contributed by atoms with Crippen LogP contribution in [0.4, 0.5) is 10.5 Å². The van der Waals surface area contributed by atoms with Crippen molar-refractivity contribution in [1.29, 1.82) is 0 Å². The van der Waals surface area contributed by atoms with Gasteiger partial charge in [0.2, 0.25) is 0 Å². The molecule has 0 aromatic heterocycles. The molecule has 1 aliphatic rings. The van der Waals surface area contributed by atoms with Crippen LogP contribution in [0.5, 0.6) is 0 Å². The molecule has 1 aromatic carbocycles. The maximum absolute atomic E-state index is 12.7. The third kappa shape index (κ3) is 3.46. The van der Waals surface area contributed by atoms with Crippen molar-refractivity contribution in [3.05, 3.63) is 54.3 Å². The Morgan fingerprint density at radius 1 is 1.30 bits per heavy atom. The lowest BCUT2D eigenvalue weighted by molar-refractivity contribution is -0.123. The quantitative estimate of drug-likeness (QED) is 0.274. The van der Waals surface area contributed by atoms with Crippen LogP contribution >= 0.6 is 0 Å². The summed E-state index contributed by atoms with van der Waals surface area (Å²) < 4.78 is 0. The van der Waals surface area contributed by atoms with Gasteiger partial charge in [-0.1, -0.05) is 31.2 Å². The zero-order chi connectivity index (χ0) is 16.8. The van der Waals surface area contributed by atoms with E-state index in [0.29, 0.717) is 17.8 Å². The fourth-order valence-electron chi connectivity index (χ4n) is 2.08. The number of hydrogen-bond donors (Lipinski definition) is 2. The molecule has 120 valence electrons. The summed E-state index contributed by atoms with van der Waals surface area (Å²) in [4.78, 5) is 42.8. The van der Waals surface area contributed by atoms with Gasteiger partial charge in [0, 0.05) is 0 Å². The first kappa shape index (κ1) is 16.4. The topological polar surface area (TPSA) is 87.7 Å². The van der Waals surface area contributed by atoms with Crippen LogP contribution in [0.3, 0.4) is 0 Å². The highest BCUT2D eigenvalue weighted by atomic mass is 16.6. The van der Waals surface area contributed by atoms with E-state index in [9.17, 15) is 14.4 Å². The number of nitrogens with one attached hydrogen (secondary N) is 2. The van der Waals surface area contributed by atoms with E-state index >= 15 is 0 Å². The Kier molecular flexibility index (Phi) is 5.27. The van der Waals surface area contributed by atoms with Gasteiger partial charge in [0.15, 0.2) is 0 Å². The number of rotatable bonds is 6. The molecule has 0 atom stereocenters. The third-order valence-corrected chi connectivity index (χ3v) is 3.13. The average molecular weight is 315 g/mol. The molecule has 2 rings (SSSR count). The molecule has 0 radical (unpaired) electrons. The van der Waals surface area contributed by atoms with E-state index in [2.05, 4.69) is 17.4 Å². The van der Waals surface area contributed by atoms with Crippen molar-refractivity contribution in [3.63, 3.8) is 0 Å². The number of nitrogens with zero attached hydrogens (tertiary/aromatic N) is 1. The lowest BCUT2D eigenvalue weighted by Gasteiger charge is -2.27. The van der Waals surface area contributed by atoms with Gasteiger partial charge in [-0.05, 0) is 18.6 Å². The Labute approximate surface area is 133 Å². The van der Waals surface area contributed by atoms with E-state index in [1.165, 1.54) is 6.08 Å². The predicted octanol–water partition coefficient (Wildman–Crippen LogP) is 1.64. The van der Waals surface area contributed by atoms with Crippen molar-refractivity contribution >= 4 is 23.5 Å². The molecule has 7 heteroatoms. The number of para-hydroxylation sites is 1. The van der Waals surface area contributed by atoms with Gasteiger partial charge in [0.05, 0.1) is 18.0 Å². The number of benzene rings is 1. The van der Waals surface area contributed by atoms with Gasteiger partial charge in [-0.3, -0.25) is 25.2 Å². The molecule has 0 spiro atoms. The number of imide groups is 2. The second kappa shape index (κ2) is 7.37. The maximum atomic E-state index is 12.7. The summed E-state index contributed by atoms with van der Waals surface area (Å²) in [7, 11) is 0. The number of carbonyl (C=O) groups is 3. The van der Waals surface area contributed by atoms with Crippen LogP contribution < -0.4 is 15.7 Å². The Morgan fingerprint density at radius 3 is 2.61 bits per heavy atom. The van der Waals surface area contributed by atoms with Gasteiger partial charge in [-0.15, -0.1) is 6.58 Å². The number of anilines is 1. The second-order valence-electron chi connectivity index (χ2n) is 4.64. The van der Waals surface area contributed by atoms with Crippen molar-refractivity contribution in [2.75, 3.05) is 11.5 Å². The largest absolute Gasteiger partial charge is 0.335 e. The molecule has 1 fully saturated rings. The molecule has 1 heterocycles. The molecule has 4 amide bonds. The summed E-state index contributed by atoms with van der Waals surface area (Å²) in [5.41, 5.74) is 3.10. The first-order valence-corrected chi connectivity index (χ1v) is 7.06. The Balaban J connectivity index is 2.39. The van der Waals surface area contributed by atoms with Crippen LogP contribution in [0, 0.1) is 0 Å². The minimum absolute atomic E-state index is 0.153. The smallest absolute Gasteiger partial charge is 0.273 e. The van der Waals surface area contributed by atoms with E-state index in [-0.39, 0.29) is 12.2 Å². The SMILES string of the molecule is C=CCONC(CC)=C1C(=O)NC(=O)N(c2ccccc2)C1=O. The van der Waals surface area contributed by atoms with Crippen LogP contribution in [0.2, 0.25) is 0 Å². The summed E-state index contributed by atoms with van der Waals surface area (Å²) in [6.07, 6.45) is 1.87. The lowest BCUT2D eigenvalue weighted by Crippen LogP contribution is -2.55. The third-order valence-electron chi connectivity index (χ3n) is 3.13. The minimum atomic E-state index is -0.780. The number of amides is 4. The predicted molar refractivity (Wildman–Crippen MR) is 84.1 cm³/mol. The lowest BCUT2D eigenvalue weighted by atomic mass is 10.1. The highest BCUT2D eigenvalue weighted by Crippen LogP contribution is 2.21. The molecule has 0 aliphatic carbocycles. The number of urea groups is 1. The van der Waals surface area contributed by atoms with E-state index < -0.39 is 17.8 Å². The molecule has 1 aromatic rings. The fraction of sp³-hybridized carbons (Fsp3) is 0.188. The highest BCUT2D eigenvalue weighted by molar-refractivity contribution is 6.37. The van der Waals surface area contributed by atoms with E-state index in [1.54, 1.807) is 37.3 Å². The first-order chi connectivity index (χ1) is 11.1. The van der Waals surface area contributed by atoms with Crippen LogP contribution in [-0.4, -0.2) is 24.5 Å². The van der Waals surface area contributed by atoms with Gasteiger partial charge in [0.25, 0.3) is 11.8 Å². The fourth-order valence-corrected chi connectivity index (χ4v) is 2.08. The number of carbonyl (C=O) groups excluding carboxylic acids is 3. The number of hydroxylamine groups is 1. The molecule has 1 saturated heterocycles. The first-order valence-electron chi connectivity index (χ1n) is 7.06. The highest BCUT2D eigenvalue weighted by Gasteiger charge is 2.38. The van der Waals surface area contributed by atoms with E-state index in [0.717, 1.165) is 4.90 Å². The molecule has 0 bridgehead atoms.